The topological polar surface area (TPSA) is 140 Å². The molecule has 4 aromatic rings. The van der Waals surface area contributed by atoms with Crippen LogP contribution in [0.3, 0.4) is 0 Å². The Balaban J connectivity index is 1.48. The highest BCUT2D eigenvalue weighted by Gasteiger charge is 2.16. The molecule has 4 aromatic carbocycles. The van der Waals surface area contributed by atoms with E-state index in [0.29, 0.717) is 16.7 Å². The molecule has 0 saturated heterocycles. The number of carboxylic acid groups (broad SMARTS) is 1. The fraction of sp³-hybridized carbons (Fsp3) is 0.0667. The molecule has 1 amide bonds. The highest BCUT2D eigenvalue weighted by molar-refractivity contribution is 5.91. The molecule has 0 spiro atoms. The van der Waals surface area contributed by atoms with Crippen molar-refractivity contribution in [3.63, 3.8) is 0 Å². The number of halogens is 1. The smallest absolute Gasteiger partial charge is 0.413 e. The molecule has 204 valence electrons. The monoisotopic (exact) mass is 542 g/mol. The molecule has 0 unspecified atom stereocenters. The second-order valence-corrected chi connectivity index (χ2v) is 8.69. The number of amides is 1. The van der Waals surface area contributed by atoms with Crippen LogP contribution in [0.25, 0.3) is 16.8 Å². The molecule has 0 aliphatic rings. The van der Waals surface area contributed by atoms with Gasteiger partial charge >= 0.3 is 12.1 Å². The number of aromatic carboxylic acids is 1. The Hall–Kier alpha value is -5.35. The standard InChI is InChI=1S/C30H27FN4O5/c1-35(33)28(34-30(38)39-18-19-7-3-2-4-8-19)27(32)21-13-11-20(12-14-21)22-15-16-26(24(31)17-22)40-25-10-6-5-9-23(25)29(36)37/h2-17H,18,32-33H2,1H3,(H,34,38)(H,36,37)/b28-27-. The van der Waals surface area contributed by atoms with Gasteiger partial charge in [-0.15, -0.1) is 0 Å². The van der Waals surface area contributed by atoms with Crippen molar-refractivity contribution in [3.8, 4) is 22.6 Å². The number of nitrogens with one attached hydrogen (secondary N) is 1. The van der Waals surface area contributed by atoms with Crippen molar-refractivity contribution >= 4 is 17.8 Å². The molecule has 6 N–H and O–H groups in total. The molecule has 4 rings (SSSR count). The maximum atomic E-state index is 14.9. The molecular formula is C30H27FN4O5. The van der Waals surface area contributed by atoms with Gasteiger partial charge in [0.25, 0.3) is 0 Å². The fourth-order valence-corrected chi connectivity index (χ4v) is 3.79. The highest BCUT2D eigenvalue weighted by atomic mass is 19.1. The lowest BCUT2D eigenvalue weighted by Gasteiger charge is -2.20. The minimum atomic E-state index is -1.18. The predicted octanol–water partition coefficient (Wildman–Crippen LogP) is 5.30. The van der Waals surface area contributed by atoms with Gasteiger partial charge in [-0.05, 0) is 41.0 Å². The average Bonchev–Trinajstić information content (AvgIpc) is 2.96. The van der Waals surface area contributed by atoms with Crippen molar-refractivity contribution in [1.29, 1.82) is 0 Å². The van der Waals surface area contributed by atoms with Crippen molar-refractivity contribution in [3.05, 3.63) is 125 Å². The first kappa shape index (κ1) is 27.7. The van der Waals surface area contributed by atoms with E-state index in [0.717, 1.165) is 5.56 Å². The number of hydrogen-bond donors (Lipinski definition) is 4. The highest BCUT2D eigenvalue weighted by Crippen LogP contribution is 2.31. The van der Waals surface area contributed by atoms with E-state index in [1.807, 2.05) is 30.3 Å². The van der Waals surface area contributed by atoms with Crippen LogP contribution in [0.4, 0.5) is 9.18 Å². The zero-order valence-electron chi connectivity index (χ0n) is 21.5. The van der Waals surface area contributed by atoms with Crippen LogP contribution in [0.5, 0.6) is 11.5 Å². The Kier molecular flexibility index (Phi) is 8.62. The van der Waals surface area contributed by atoms with Gasteiger partial charge in [0.1, 0.15) is 23.7 Å². The first-order chi connectivity index (χ1) is 19.2. The third-order valence-electron chi connectivity index (χ3n) is 5.84. The number of nitrogens with two attached hydrogens (primary N) is 2. The maximum absolute atomic E-state index is 14.9. The van der Waals surface area contributed by atoms with Gasteiger partial charge in [-0.25, -0.2) is 19.8 Å². The molecule has 9 nitrogen and oxygen atoms in total. The molecule has 0 bridgehead atoms. The molecule has 0 aliphatic carbocycles. The van der Waals surface area contributed by atoms with Gasteiger partial charge in [-0.3, -0.25) is 10.3 Å². The summed E-state index contributed by atoms with van der Waals surface area (Å²) < 4.78 is 25.7. The van der Waals surface area contributed by atoms with Gasteiger partial charge in [0.2, 0.25) is 0 Å². The van der Waals surface area contributed by atoms with Gasteiger partial charge < -0.3 is 20.3 Å². The van der Waals surface area contributed by atoms with E-state index < -0.39 is 17.9 Å². The first-order valence-electron chi connectivity index (χ1n) is 12.1. The average molecular weight is 543 g/mol. The molecule has 0 atom stereocenters. The second-order valence-electron chi connectivity index (χ2n) is 8.69. The summed E-state index contributed by atoms with van der Waals surface area (Å²) >= 11 is 0. The van der Waals surface area contributed by atoms with Crippen LogP contribution in [0, 0.1) is 5.82 Å². The number of para-hydroxylation sites is 1. The van der Waals surface area contributed by atoms with Crippen molar-refractivity contribution in [2.24, 2.45) is 11.6 Å². The van der Waals surface area contributed by atoms with E-state index in [2.05, 4.69) is 5.32 Å². The van der Waals surface area contributed by atoms with Crippen molar-refractivity contribution < 1.29 is 28.6 Å². The largest absolute Gasteiger partial charge is 0.478 e. The molecule has 0 heterocycles. The number of hydrazine groups is 1. The molecule has 10 heteroatoms. The minimum Gasteiger partial charge on any atom is -0.478 e. The number of benzene rings is 4. The van der Waals surface area contributed by atoms with Crippen LogP contribution in [0.2, 0.25) is 0 Å². The van der Waals surface area contributed by atoms with Gasteiger partial charge in [0.05, 0.1) is 5.70 Å². The lowest BCUT2D eigenvalue weighted by molar-refractivity contribution is 0.0694. The van der Waals surface area contributed by atoms with Crippen molar-refractivity contribution in [1.82, 2.24) is 10.3 Å². The molecule has 0 fully saturated rings. The summed E-state index contributed by atoms with van der Waals surface area (Å²) in [5.41, 5.74) is 9.06. The number of carbonyl (C=O) groups is 2. The zero-order valence-corrected chi connectivity index (χ0v) is 21.5. The molecular weight excluding hydrogens is 515 g/mol. The van der Waals surface area contributed by atoms with Crippen molar-refractivity contribution in [2.45, 2.75) is 6.61 Å². The van der Waals surface area contributed by atoms with Crippen LogP contribution in [-0.2, 0) is 11.3 Å². The third-order valence-corrected chi connectivity index (χ3v) is 5.84. The molecule has 0 saturated carbocycles. The number of alkyl carbamates (subject to hydrolysis) is 1. The first-order valence-corrected chi connectivity index (χ1v) is 12.1. The predicted molar refractivity (Wildman–Crippen MR) is 148 cm³/mol. The van der Waals surface area contributed by atoms with E-state index in [-0.39, 0.29) is 35.2 Å². The second kappa shape index (κ2) is 12.5. The summed E-state index contributed by atoms with van der Waals surface area (Å²) in [6.07, 6.45) is -0.723. The van der Waals surface area contributed by atoms with Crippen LogP contribution < -0.4 is 21.6 Å². The fourth-order valence-electron chi connectivity index (χ4n) is 3.79. The molecule has 40 heavy (non-hydrogen) atoms. The van der Waals surface area contributed by atoms with Gasteiger partial charge in [-0.2, -0.15) is 0 Å². The SMILES string of the molecule is CN(N)/C(NC(=O)OCc1ccccc1)=C(\N)c1ccc(-c2ccc(Oc3ccccc3C(=O)O)c(F)c2)cc1. The number of nitrogens with zero attached hydrogens (tertiary/aromatic N) is 1. The Morgan fingerprint density at radius 3 is 2.20 bits per heavy atom. The summed E-state index contributed by atoms with van der Waals surface area (Å²) in [7, 11) is 1.52. The van der Waals surface area contributed by atoms with E-state index in [1.165, 1.54) is 36.3 Å². The molecule has 0 aromatic heterocycles. The van der Waals surface area contributed by atoms with E-state index in [4.69, 9.17) is 21.1 Å². The van der Waals surface area contributed by atoms with Gasteiger partial charge in [0.15, 0.2) is 11.6 Å². The Bertz CT molecular complexity index is 1540. The van der Waals surface area contributed by atoms with Crippen LogP contribution >= 0.6 is 0 Å². The summed E-state index contributed by atoms with van der Waals surface area (Å²) in [6, 6.07) is 26.5. The lowest BCUT2D eigenvalue weighted by Crippen LogP contribution is -2.39. The van der Waals surface area contributed by atoms with E-state index in [9.17, 15) is 19.1 Å². The van der Waals surface area contributed by atoms with Gasteiger partial charge in [0, 0.05) is 12.6 Å². The Labute approximate surface area is 230 Å². The lowest BCUT2D eigenvalue weighted by atomic mass is 10.0. The third kappa shape index (κ3) is 6.74. The summed E-state index contributed by atoms with van der Waals surface area (Å²) in [6.45, 7) is 0.0787. The van der Waals surface area contributed by atoms with Crippen LogP contribution in [0.1, 0.15) is 21.5 Å². The maximum Gasteiger partial charge on any atom is 0.413 e. The number of carboxylic acids is 1. The van der Waals surface area contributed by atoms with E-state index >= 15 is 0 Å². The number of hydrogen-bond acceptors (Lipinski definition) is 7. The number of carbonyl (C=O) groups excluding carboxylic acids is 1. The normalized spacial score (nSPS) is 11.3. The van der Waals surface area contributed by atoms with E-state index in [1.54, 1.807) is 42.5 Å². The van der Waals surface area contributed by atoms with Gasteiger partial charge in [-0.1, -0.05) is 72.8 Å². The Morgan fingerprint density at radius 2 is 1.55 bits per heavy atom. The number of rotatable bonds is 9. The zero-order chi connectivity index (χ0) is 28.6. The summed E-state index contributed by atoms with van der Waals surface area (Å²) in [5, 5.41) is 13.1. The van der Waals surface area contributed by atoms with Crippen molar-refractivity contribution in [2.75, 3.05) is 7.05 Å². The minimum absolute atomic E-state index is 0.0338. The van der Waals surface area contributed by atoms with Crippen LogP contribution in [-0.4, -0.2) is 29.2 Å². The van der Waals surface area contributed by atoms with Crippen LogP contribution in [0.15, 0.2) is 103 Å². The molecule has 0 radical (unpaired) electrons. The molecule has 0 aliphatic heterocycles. The summed E-state index contributed by atoms with van der Waals surface area (Å²) in [5.74, 6) is 4.13. The number of ether oxygens (including phenoxy) is 2. The summed E-state index contributed by atoms with van der Waals surface area (Å²) in [4.78, 5) is 23.8. The Morgan fingerprint density at radius 1 is 0.900 bits per heavy atom. The quantitative estimate of drug-likeness (QED) is 0.165.